The number of hydrogen-bond acceptors (Lipinski definition) is 4. The second-order valence-corrected chi connectivity index (χ2v) is 6.29. The van der Waals surface area contributed by atoms with Crippen LogP contribution in [-0.4, -0.2) is 26.7 Å². The van der Waals surface area contributed by atoms with Gasteiger partial charge in [0.05, 0.1) is 12.8 Å². The average Bonchev–Trinajstić information content (AvgIpc) is 2.31. The van der Waals surface area contributed by atoms with E-state index in [1.165, 1.54) is 19.1 Å². The smallest absolute Gasteiger partial charge is 0.325 e. The zero-order valence-corrected chi connectivity index (χ0v) is 12.0. The summed E-state index contributed by atoms with van der Waals surface area (Å²) in [5, 5.41) is -1.39. The molecule has 1 rings (SSSR count). The summed E-state index contributed by atoms with van der Waals surface area (Å²) in [4.78, 5) is 11.2. The standard InChI is InChI=1S/C10H11BrFNO4S/c1-6(10(14)17-2)18(15,16)13-9-5-7(12)3-4-8(9)11/h3-6,13H,1-2H3. The molecule has 18 heavy (non-hydrogen) atoms. The molecular formula is C10H11BrFNO4S. The molecule has 0 aliphatic heterocycles. The average molecular weight is 340 g/mol. The number of carbonyl (C=O) groups excluding carboxylic acids is 1. The normalized spacial score (nSPS) is 12.9. The van der Waals surface area contributed by atoms with Crippen LogP contribution in [0.4, 0.5) is 10.1 Å². The molecule has 5 nitrogen and oxygen atoms in total. The van der Waals surface area contributed by atoms with Gasteiger partial charge in [-0.3, -0.25) is 9.52 Å². The van der Waals surface area contributed by atoms with Crippen molar-refractivity contribution in [2.24, 2.45) is 0 Å². The lowest BCUT2D eigenvalue weighted by atomic mass is 10.3. The van der Waals surface area contributed by atoms with Gasteiger partial charge < -0.3 is 4.74 Å². The fourth-order valence-electron chi connectivity index (χ4n) is 1.11. The fourth-order valence-corrected chi connectivity index (χ4v) is 2.59. The molecule has 1 unspecified atom stereocenters. The van der Waals surface area contributed by atoms with E-state index in [9.17, 15) is 17.6 Å². The molecule has 0 saturated carbocycles. The lowest BCUT2D eigenvalue weighted by Gasteiger charge is -2.13. The Balaban J connectivity index is 3.02. The molecular weight excluding hydrogens is 329 g/mol. The van der Waals surface area contributed by atoms with Gasteiger partial charge in [-0.05, 0) is 41.1 Å². The zero-order chi connectivity index (χ0) is 13.9. The number of sulfonamides is 1. The highest BCUT2D eigenvalue weighted by Gasteiger charge is 2.29. The number of hydrogen-bond donors (Lipinski definition) is 1. The van der Waals surface area contributed by atoms with Crippen molar-refractivity contribution in [3.63, 3.8) is 0 Å². The van der Waals surface area contributed by atoms with E-state index in [1.54, 1.807) is 0 Å². The number of anilines is 1. The molecule has 0 heterocycles. The van der Waals surface area contributed by atoms with Crippen LogP contribution in [-0.2, 0) is 19.6 Å². The number of esters is 1. The first-order chi connectivity index (χ1) is 8.27. The number of ether oxygens (including phenoxy) is 1. The molecule has 1 aromatic carbocycles. The Morgan fingerprint density at radius 1 is 1.50 bits per heavy atom. The van der Waals surface area contributed by atoms with Gasteiger partial charge in [0, 0.05) is 4.47 Å². The second-order valence-electron chi connectivity index (χ2n) is 3.44. The third kappa shape index (κ3) is 3.42. The van der Waals surface area contributed by atoms with Crippen LogP contribution in [0.2, 0.25) is 0 Å². The van der Waals surface area contributed by atoms with E-state index in [2.05, 4.69) is 25.4 Å². The van der Waals surface area contributed by atoms with Gasteiger partial charge in [0.25, 0.3) is 0 Å². The van der Waals surface area contributed by atoms with Crippen LogP contribution < -0.4 is 4.72 Å². The largest absolute Gasteiger partial charge is 0.468 e. The lowest BCUT2D eigenvalue weighted by Crippen LogP contribution is -2.33. The Morgan fingerprint density at radius 2 is 2.11 bits per heavy atom. The third-order valence-corrected chi connectivity index (χ3v) is 4.50. The number of nitrogens with one attached hydrogen (secondary N) is 1. The van der Waals surface area contributed by atoms with Crippen molar-refractivity contribution >= 4 is 37.6 Å². The Kier molecular flexibility index (Phi) is 4.69. The molecule has 0 aromatic heterocycles. The summed E-state index contributed by atoms with van der Waals surface area (Å²) in [6, 6.07) is 3.53. The number of halogens is 2. The maximum Gasteiger partial charge on any atom is 0.325 e. The highest BCUT2D eigenvalue weighted by molar-refractivity contribution is 9.10. The van der Waals surface area contributed by atoms with E-state index >= 15 is 0 Å². The molecule has 1 atom stereocenters. The van der Waals surface area contributed by atoms with Gasteiger partial charge in [-0.1, -0.05) is 0 Å². The van der Waals surface area contributed by atoms with Crippen molar-refractivity contribution in [2.75, 3.05) is 11.8 Å². The predicted molar refractivity (Wildman–Crippen MR) is 68.1 cm³/mol. The highest BCUT2D eigenvalue weighted by atomic mass is 79.9. The van der Waals surface area contributed by atoms with Crippen molar-refractivity contribution in [2.45, 2.75) is 12.2 Å². The maximum atomic E-state index is 13.0. The number of methoxy groups -OCH3 is 1. The Hall–Kier alpha value is -1.15. The third-order valence-electron chi connectivity index (χ3n) is 2.18. The number of carbonyl (C=O) groups is 1. The van der Waals surface area contributed by atoms with Gasteiger partial charge in [-0.25, -0.2) is 12.8 Å². The minimum Gasteiger partial charge on any atom is -0.468 e. The second kappa shape index (κ2) is 5.66. The van der Waals surface area contributed by atoms with Crippen LogP contribution >= 0.6 is 15.9 Å². The zero-order valence-electron chi connectivity index (χ0n) is 9.61. The first-order valence-electron chi connectivity index (χ1n) is 4.82. The highest BCUT2D eigenvalue weighted by Crippen LogP contribution is 2.24. The van der Waals surface area contributed by atoms with E-state index < -0.39 is 27.1 Å². The Labute approximate surface area is 113 Å². The first kappa shape index (κ1) is 14.9. The van der Waals surface area contributed by atoms with Gasteiger partial charge in [0.2, 0.25) is 10.0 Å². The molecule has 0 fully saturated rings. The van der Waals surface area contributed by atoms with E-state index in [0.29, 0.717) is 4.47 Å². The van der Waals surface area contributed by atoms with Crippen LogP contribution in [0.1, 0.15) is 6.92 Å². The molecule has 0 spiro atoms. The monoisotopic (exact) mass is 339 g/mol. The van der Waals surface area contributed by atoms with Gasteiger partial charge in [0.15, 0.2) is 5.25 Å². The summed E-state index contributed by atoms with van der Waals surface area (Å²) in [5.41, 5.74) is 0.0192. The van der Waals surface area contributed by atoms with Crippen LogP contribution in [0.25, 0.3) is 0 Å². The molecule has 0 bridgehead atoms. The van der Waals surface area contributed by atoms with Crippen LogP contribution in [0, 0.1) is 5.82 Å². The van der Waals surface area contributed by atoms with Gasteiger partial charge >= 0.3 is 5.97 Å². The SMILES string of the molecule is COC(=O)C(C)S(=O)(=O)Nc1cc(F)ccc1Br. The Morgan fingerprint density at radius 3 is 2.67 bits per heavy atom. The molecule has 0 aliphatic carbocycles. The lowest BCUT2D eigenvalue weighted by molar-refractivity contribution is -0.139. The molecule has 0 amide bonds. The van der Waals surface area contributed by atoms with E-state index in [0.717, 1.165) is 13.2 Å². The van der Waals surface area contributed by atoms with Crippen LogP contribution in [0.3, 0.4) is 0 Å². The predicted octanol–water partition coefficient (Wildman–Crippen LogP) is 1.89. The van der Waals surface area contributed by atoms with Crippen molar-refractivity contribution in [3.05, 3.63) is 28.5 Å². The number of rotatable bonds is 4. The summed E-state index contributed by atoms with van der Waals surface area (Å²) in [5.74, 6) is -1.49. The summed E-state index contributed by atoms with van der Waals surface area (Å²) in [6.07, 6.45) is 0. The minimum absolute atomic E-state index is 0.0192. The quantitative estimate of drug-likeness (QED) is 0.850. The molecule has 0 radical (unpaired) electrons. The van der Waals surface area contributed by atoms with Crippen molar-refractivity contribution in [1.29, 1.82) is 0 Å². The molecule has 8 heteroatoms. The van der Waals surface area contributed by atoms with Crippen LogP contribution in [0.15, 0.2) is 22.7 Å². The summed E-state index contributed by atoms with van der Waals surface area (Å²) >= 11 is 3.08. The first-order valence-corrected chi connectivity index (χ1v) is 7.16. The summed E-state index contributed by atoms with van der Waals surface area (Å²) in [7, 11) is -2.90. The van der Waals surface area contributed by atoms with Gasteiger partial charge in [0.1, 0.15) is 5.82 Å². The van der Waals surface area contributed by atoms with Crippen molar-refractivity contribution < 1.29 is 22.3 Å². The topological polar surface area (TPSA) is 72.5 Å². The molecule has 0 saturated heterocycles. The maximum absolute atomic E-state index is 13.0. The minimum atomic E-state index is -3.99. The number of benzene rings is 1. The molecule has 1 N–H and O–H groups in total. The molecule has 0 aliphatic rings. The van der Waals surface area contributed by atoms with Crippen LogP contribution in [0.5, 0.6) is 0 Å². The van der Waals surface area contributed by atoms with E-state index in [4.69, 9.17) is 0 Å². The molecule has 100 valence electrons. The van der Waals surface area contributed by atoms with E-state index in [1.807, 2.05) is 0 Å². The van der Waals surface area contributed by atoms with Crippen molar-refractivity contribution in [3.8, 4) is 0 Å². The molecule has 1 aromatic rings. The van der Waals surface area contributed by atoms with Gasteiger partial charge in [-0.15, -0.1) is 0 Å². The fraction of sp³-hybridized carbons (Fsp3) is 0.300. The Bertz CT molecular complexity index is 561. The summed E-state index contributed by atoms with van der Waals surface area (Å²) in [6.45, 7) is 1.18. The van der Waals surface area contributed by atoms with E-state index in [-0.39, 0.29) is 5.69 Å². The summed E-state index contributed by atoms with van der Waals surface area (Å²) < 4.78 is 43.5. The van der Waals surface area contributed by atoms with Gasteiger partial charge in [-0.2, -0.15) is 0 Å². The van der Waals surface area contributed by atoms with Crippen molar-refractivity contribution in [1.82, 2.24) is 0 Å².